The van der Waals surface area contributed by atoms with E-state index in [2.05, 4.69) is 29.3 Å². The Bertz CT molecular complexity index is 661. The average molecular weight is 345 g/mol. The Morgan fingerprint density at radius 3 is 2.54 bits per heavy atom. The van der Waals surface area contributed by atoms with Gasteiger partial charge in [-0.3, -0.25) is 0 Å². The molecule has 0 saturated heterocycles. The first-order valence-corrected chi connectivity index (χ1v) is 8.66. The first-order chi connectivity index (χ1) is 11.6. The van der Waals surface area contributed by atoms with Crippen molar-refractivity contribution in [2.24, 2.45) is 5.73 Å². The van der Waals surface area contributed by atoms with Crippen LogP contribution in [0.1, 0.15) is 31.7 Å². The summed E-state index contributed by atoms with van der Waals surface area (Å²) in [4.78, 5) is 2.09. The van der Waals surface area contributed by atoms with Crippen LogP contribution in [0.4, 0.5) is 15.8 Å². The second-order valence-electron chi connectivity index (χ2n) is 5.77. The van der Waals surface area contributed by atoms with Gasteiger partial charge < -0.3 is 16.0 Å². The van der Waals surface area contributed by atoms with Gasteiger partial charge in [-0.1, -0.05) is 50.1 Å². The molecule has 0 atom stereocenters. The van der Waals surface area contributed by atoms with E-state index in [9.17, 15) is 4.39 Å². The molecule has 0 bridgehead atoms. The Hall–Kier alpha value is -2.14. The molecule has 128 valence electrons. The molecule has 5 heteroatoms. The predicted octanol–water partition coefficient (Wildman–Crippen LogP) is 4.68. The summed E-state index contributed by atoms with van der Waals surface area (Å²) >= 11 is 4.80. The normalized spacial score (nSPS) is 10.4. The third-order valence-electron chi connectivity index (χ3n) is 3.80. The number of rotatable bonds is 8. The number of anilines is 2. The summed E-state index contributed by atoms with van der Waals surface area (Å²) in [6.45, 7) is 3.67. The smallest absolute Gasteiger partial charge is 0.168 e. The zero-order valence-corrected chi connectivity index (χ0v) is 14.8. The summed E-state index contributed by atoms with van der Waals surface area (Å²) in [6.07, 6.45) is 3.31. The Labute approximate surface area is 148 Å². The Morgan fingerprint density at radius 1 is 1.17 bits per heavy atom. The van der Waals surface area contributed by atoms with Gasteiger partial charge in [-0.25, -0.2) is 4.39 Å². The minimum absolute atomic E-state index is 0.131. The molecule has 0 aliphatic rings. The number of thiocarbonyl (C=S) groups is 1. The van der Waals surface area contributed by atoms with Crippen molar-refractivity contribution >= 4 is 28.7 Å². The summed E-state index contributed by atoms with van der Waals surface area (Å²) < 4.78 is 14.6. The Balaban J connectivity index is 2.20. The average Bonchev–Trinajstić information content (AvgIpc) is 2.55. The molecule has 2 aromatic carbocycles. The van der Waals surface area contributed by atoms with Crippen LogP contribution in [-0.2, 0) is 6.54 Å². The highest BCUT2D eigenvalue weighted by molar-refractivity contribution is 7.80. The lowest BCUT2D eigenvalue weighted by Crippen LogP contribution is -2.25. The van der Waals surface area contributed by atoms with E-state index in [1.165, 1.54) is 11.6 Å². The van der Waals surface area contributed by atoms with Crippen molar-refractivity contribution in [2.45, 2.75) is 32.7 Å². The molecule has 0 heterocycles. The summed E-state index contributed by atoms with van der Waals surface area (Å²) in [6, 6.07) is 15.1. The largest absolute Gasteiger partial charge is 0.376 e. The number of benzene rings is 2. The highest BCUT2D eigenvalue weighted by Crippen LogP contribution is 2.25. The maximum Gasteiger partial charge on any atom is 0.168 e. The molecule has 0 aliphatic heterocycles. The third-order valence-corrected chi connectivity index (χ3v) is 3.91. The van der Waals surface area contributed by atoms with E-state index in [-0.39, 0.29) is 10.9 Å². The maximum absolute atomic E-state index is 14.6. The van der Waals surface area contributed by atoms with E-state index < -0.39 is 0 Å². The van der Waals surface area contributed by atoms with Crippen LogP contribution in [-0.4, -0.2) is 11.7 Å². The van der Waals surface area contributed by atoms with Crippen molar-refractivity contribution in [3.05, 3.63) is 59.9 Å². The van der Waals surface area contributed by atoms with Crippen LogP contribution in [0.25, 0.3) is 0 Å². The SMILES string of the molecule is CCCCCN(Cc1ccccc1)c1ccc(NC(N)=S)cc1F. The lowest BCUT2D eigenvalue weighted by molar-refractivity contribution is 0.607. The van der Waals surface area contributed by atoms with Gasteiger partial charge in [0.05, 0.1) is 5.69 Å². The summed E-state index contributed by atoms with van der Waals surface area (Å²) in [5.74, 6) is -0.274. The molecular formula is C19H24FN3S. The Morgan fingerprint density at radius 2 is 1.92 bits per heavy atom. The summed E-state index contributed by atoms with van der Waals surface area (Å²) in [7, 11) is 0. The van der Waals surface area contributed by atoms with E-state index in [1.54, 1.807) is 12.1 Å². The van der Waals surface area contributed by atoms with E-state index in [4.69, 9.17) is 18.0 Å². The number of halogens is 1. The molecule has 3 N–H and O–H groups in total. The molecule has 0 unspecified atom stereocenters. The lowest BCUT2D eigenvalue weighted by atomic mass is 10.1. The zero-order valence-electron chi connectivity index (χ0n) is 14.0. The molecule has 3 nitrogen and oxygen atoms in total. The van der Waals surface area contributed by atoms with Crippen molar-refractivity contribution in [1.82, 2.24) is 0 Å². The van der Waals surface area contributed by atoms with Crippen LogP contribution in [0, 0.1) is 5.82 Å². The number of nitrogens with one attached hydrogen (secondary N) is 1. The van der Waals surface area contributed by atoms with Gasteiger partial charge in [0.1, 0.15) is 5.82 Å². The van der Waals surface area contributed by atoms with Gasteiger partial charge in [0.2, 0.25) is 0 Å². The van der Waals surface area contributed by atoms with Crippen LogP contribution < -0.4 is 16.0 Å². The van der Waals surface area contributed by atoms with Crippen LogP contribution in [0.3, 0.4) is 0 Å². The van der Waals surface area contributed by atoms with Crippen LogP contribution in [0.15, 0.2) is 48.5 Å². The van der Waals surface area contributed by atoms with Crippen molar-refractivity contribution in [1.29, 1.82) is 0 Å². The molecule has 0 aromatic heterocycles. The van der Waals surface area contributed by atoms with Gasteiger partial charge in [-0.2, -0.15) is 0 Å². The Kier molecular flexibility index (Phi) is 7.00. The fourth-order valence-electron chi connectivity index (χ4n) is 2.62. The van der Waals surface area contributed by atoms with Gasteiger partial charge in [0.15, 0.2) is 5.11 Å². The van der Waals surface area contributed by atoms with Crippen LogP contribution >= 0.6 is 12.2 Å². The predicted molar refractivity (Wildman–Crippen MR) is 104 cm³/mol. The van der Waals surface area contributed by atoms with Gasteiger partial charge in [0.25, 0.3) is 0 Å². The highest BCUT2D eigenvalue weighted by atomic mass is 32.1. The van der Waals surface area contributed by atoms with Crippen molar-refractivity contribution in [2.75, 3.05) is 16.8 Å². The van der Waals surface area contributed by atoms with E-state index >= 15 is 0 Å². The van der Waals surface area contributed by atoms with Gasteiger partial charge >= 0.3 is 0 Å². The van der Waals surface area contributed by atoms with E-state index in [0.717, 1.165) is 25.8 Å². The summed E-state index contributed by atoms with van der Waals surface area (Å²) in [5.41, 5.74) is 7.78. The van der Waals surface area contributed by atoms with Crippen LogP contribution in [0.2, 0.25) is 0 Å². The molecule has 24 heavy (non-hydrogen) atoms. The van der Waals surface area contributed by atoms with Gasteiger partial charge in [-0.05, 0) is 42.4 Å². The molecule has 0 fully saturated rings. The zero-order chi connectivity index (χ0) is 17.4. The molecular weight excluding hydrogens is 321 g/mol. The number of hydrogen-bond acceptors (Lipinski definition) is 2. The minimum Gasteiger partial charge on any atom is -0.376 e. The molecule has 0 radical (unpaired) electrons. The fourth-order valence-corrected chi connectivity index (χ4v) is 2.74. The van der Waals surface area contributed by atoms with Gasteiger partial charge in [0, 0.05) is 18.8 Å². The second-order valence-corrected chi connectivity index (χ2v) is 6.21. The molecule has 0 amide bonds. The minimum atomic E-state index is -0.274. The molecule has 2 rings (SSSR count). The van der Waals surface area contributed by atoms with Crippen molar-refractivity contribution < 1.29 is 4.39 Å². The topological polar surface area (TPSA) is 41.3 Å². The van der Waals surface area contributed by atoms with E-state index in [1.807, 2.05) is 18.2 Å². The van der Waals surface area contributed by atoms with E-state index in [0.29, 0.717) is 17.9 Å². The monoisotopic (exact) mass is 345 g/mol. The third kappa shape index (κ3) is 5.49. The van der Waals surface area contributed by atoms with Gasteiger partial charge in [-0.15, -0.1) is 0 Å². The summed E-state index contributed by atoms with van der Waals surface area (Å²) in [5, 5.41) is 2.90. The molecule has 0 spiro atoms. The van der Waals surface area contributed by atoms with Crippen LogP contribution in [0.5, 0.6) is 0 Å². The lowest BCUT2D eigenvalue weighted by Gasteiger charge is -2.26. The fraction of sp³-hybridized carbons (Fsp3) is 0.316. The molecule has 2 aromatic rings. The number of nitrogens with zero attached hydrogens (tertiary/aromatic N) is 1. The first-order valence-electron chi connectivity index (χ1n) is 8.25. The molecule has 0 aliphatic carbocycles. The standard InChI is InChI=1S/C19H24FN3S/c1-2-3-7-12-23(14-15-8-5-4-6-9-15)18-11-10-16(13-17(18)20)22-19(21)24/h4-6,8-11,13H,2-3,7,12,14H2,1H3,(H3,21,22,24). The number of nitrogens with two attached hydrogens (primary N) is 1. The number of unbranched alkanes of at least 4 members (excludes halogenated alkanes) is 2. The highest BCUT2D eigenvalue weighted by Gasteiger charge is 2.13. The maximum atomic E-state index is 14.6. The molecule has 0 saturated carbocycles. The van der Waals surface area contributed by atoms with Crippen molar-refractivity contribution in [3.63, 3.8) is 0 Å². The quantitative estimate of drug-likeness (QED) is 0.538. The first kappa shape index (κ1) is 18.2. The number of hydrogen-bond donors (Lipinski definition) is 2. The van der Waals surface area contributed by atoms with Crippen molar-refractivity contribution in [3.8, 4) is 0 Å². The second kappa shape index (κ2) is 9.23.